The monoisotopic (exact) mass is 565 g/mol. The van der Waals surface area contributed by atoms with Crippen LogP contribution in [0.25, 0.3) is 0 Å². The van der Waals surface area contributed by atoms with E-state index in [1.807, 2.05) is 38.7 Å². The maximum atomic E-state index is 14.8. The summed E-state index contributed by atoms with van der Waals surface area (Å²) in [4.78, 5) is 20.0. The summed E-state index contributed by atoms with van der Waals surface area (Å²) in [6, 6.07) is 5.23. The zero-order valence-electron chi connectivity index (χ0n) is 19.7. The van der Waals surface area contributed by atoms with E-state index in [1.165, 1.54) is 6.07 Å². The first-order chi connectivity index (χ1) is 14.7. The van der Waals surface area contributed by atoms with Crippen molar-refractivity contribution >= 4 is 41.7 Å². The zero-order chi connectivity index (χ0) is 22.9. The van der Waals surface area contributed by atoms with Crippen molar-refractivity contribution in [1.29, 1.82) is 0 Å². The van der Waals surface area contributed by atoms with Gasteiger partial charge in [0.2, 0.25) is 0 Å². The maximum Gasteiger partial charge on any atom is 0.410 e. The van der Waals surface area contributed by atoms with Crippen LogP contribution < -0.4 is 15.5 Å². The van der Waals surface area contributed by atoms with Crippen molar-refractivity contribution in [3.63, 3.8) is 0 Å². The molecule has 1 aliphatic rings. The molecule has 1 aromatic carbocycles. The normalized spacial score (nSPS) is 14.6. The van der Waals surface area contributed by atoms with Crippen LogP contribution in [0.2, 0.25) is 0 Å². The van der Waals surface area contributed by atoms with Crippen molar-refractivity contribution in [2.75, 3.05) is 57.9 Å². The molecule has 32 heavy (non-hydrogen) atoms. The highest BCUT2D eigenvalue weighted by molar-refractivity contribution is 14.0. The number of ether oxygens (including phenoxy) is 2. The summed E-state index contributed by atoms with van der Waals surface area (Å²) in [5, 5.41) is 6.32. The summed E-state index contributed by atoms with van der Waals surface area (Å²) in [5.41, 5.74) is 0.846. The summed E-state index contributed by atoms with van der Waals surface area (Å²) in [7, 11) is 1.69. The summed E-state index contributed by atoms with van der Waals surface area (Å²) < 4.78 is 25.5. The lowest BCUT2D eigenvalue weighted by Gasteiger charge is -2.36. The molecule has 1 amide bonds. The summed E-state index contributed by atoms with van der Waals surface area (Å²) >= 11 is 0. The van der Waals surface area contributed by atoms with Crippen molar-refractivity contribution < 1.29 is 18.7 Å². The van der Waals surface area contributed by atoms with Crippen LogP contribution in [0.1, 0.15) is 33.3 Å². The molecule has 1 fully saturated rings. The number of halogens is 2. The molecule has 182 valence electrons. The van der Waals surface area contributed by atoms with E-state index >= 15 is 0 Å². The molecule has 0 aliphatic carbocycles. The molecule has 0 saturated carbocycles. The lowest BCUT2D eigenvalue weighted by Crippen LogP contribution is -2.50. The minimum absolute atomic E-state index is 0. The van der Waals surface area contributed by atoms with Gasteiger partial charge in [-0.25, -0.2) is 9.18 Å². The Hall–Kier alpha value is -1.82. The van der Waals surface area contributed by atoms with Crippen molar-refractivity contribution in [3.8, 4) is 0 Å². The fraction of sp³-hybridized carbons (Fsp3) is 0.636. The van der Waals surface area contributed by atoms with Crippen LogP contribution in [0.15, 0.2) is 23.2 Å². The van der Waals surface area contributed by atoms with Crippen molar-refractivity contribution in [2.45, 2.75) is 39.8 Å². The van der Waals surface area contributed by atoms with E-state index in [2.05, 4.69) is 15.6 Å². The molecule has 2 N–H and O–H groups in total. The number of guanidine groups is 1. The second-order valence-electron chi connectivity index (χ2n) is 8.29. The Morgan fingerprint density at radius 2 is 1.88 bits per heavy atom. The second-order valence-corrected chi connectivity index (χ2v) is 8.29. The third-order valence-electron chi connectivity index (χ3n) is 4.71. The number of hydrogen-bond acceptors (Lipinski definition) is 5. The fourth-order valence-corrected chi connectivity index (χ4v) is 3.17. The van der Waals surface area contributed by atoms with Crippen molar-refractivity contribution in [3.05, 3.63) is 29.6 Å². The van der Waals surface area contributed by atoms with Gasteiger partial charge in [-0.3, -0.25) is 4.99 Å². The molecule has 0 atom stereocenters. The standard InChI is InChI=1S/C22H36FN5O3.HI/c1-6-30-14-9-25-20(24-5)26-16-17-7-8-19(18(23)15-17)27-10-12-28(13-11-27)21(29)31-22(2,3)4;/h7-8,15H,6,9-14,16H2,1-5H3,(H2,24,25,26);1H. The Labute approximate surface area is 207 Å². The molecular formula is C22H37FIN5O3. The number of anilines is 1. The number of carbonyl (C=O) groups is 1. The number of nitrogens with one attached hydrogen (secondary N) is 2. The SMILES string of the molecule is CCOCCNC(=NC)NCc1ccc(N2CCN(C(=O)OC(C)(C)C)CC2)c(F)c1.I. The minimum atomic E-state index is -0.522. The first kappa shape index (κ1) is 28.2. The lowest BCUT2D eigenvalue weighted by atomic mass is 10.1. The van der Waals surface area contributed by atoms with Crippen LogP contribution in [0.3, 0.4) is 0 Å². The molecule has 2 rings (SSSR count). The van der Waals surface area contributed by atoms with E-state index in [4.69, 9.17) is 9.47 Å². The van der Waals surface area contributed by atoms with Gasteiger partial charge in [-0.2, -0.15) is 0 Å². The number of carbonyl (C=O) groups excluding carboxylic acids is 1. The summed E-state index contributed by atoms with van der Waals surface area (Å²) in [6.07, 6.45) is -0.322. The molecule has 1 heterocycles. The smallest absolute Gasteiger partial charge is 0.410 e. The van der Waals surface area contributed by atoms with E-state index in [0.717, 1.165) is 5.56 Å². The highest BCUT2D eigenvalue weighted by atomic mass is 127. The Bertz CT molecular complexity index is 750. The number of nitrogens with zero attached hydrogens (tertiary/aromatic N) is 3. The van der Waals surface area contributed by atoms with E-state index in [9.17, 15) is 9.18 Å². The van der Waals surface area contributed by atoms with Crippen LogP contribution >= 0.6 is 24.0 Å². The van der Waals surface area contributed by atoms with Gasteiger partial charge in [0.1, 0.15) is 11.4 Å². The molecule has 1 saturated heterocycles. The van der Waals surface area contributed by atoms with Gasteiger partial charge in [-0.15, -0.1) is 24.0 Å². The predicted octanol–water partition coefficient (Wildman–Crippen LogP) is 3.20. The zero-order valence-corrected chi connectivity index (χ0v) is 22.1. The Morgan fingerprint density at radius 3 is 2.44 bits per heavy atom. The highest BCUT2D eigenvalue weighted by Gasteiger charge is 2.26. The van der Waals surface area contributed by atoms with Gasteiger partial charge >= 0.3 is 6.09 Å². The molecule has 1 aliphatic heterocycles. The van der Waals surface area contributed by atoms with Gasteiger partial charge in [0.15, 0.2) is 5.96 Å². The lowest BCUT2D eigenvalue weighted by molar-refractivity contribution is 0.0240. The first-order valence-corrected chi connectivity index (χ1v) is 10.8. The quantitative estimate of drug-likeness (QED) is 0.229. The van der Waals surface area contributed by atoms with Gasteiger partial charge in [0, 0.05) is 52.9 Å². The van der Waals surface area contributed by atoms with E-state index in [-0.39, 0.29) is 35.9 Å². The third-order valence-corrected chi connectivity index (χ3v) is 4.71. The summed E-state index contributed by atoms with van der Waals surface area (Å²) in [5.74, 6) is 0.367. The van der Waals surface area contributed by atoms with Crippen LogP contribution in [0.5, 0.6) is 0 Å². The van der Waals surface area contributed by atoms with Gasteiger partial charge in [-0.05, 0) is 45.4 Å². The van der Waals surface area contributed by atoms with Crippen molar-refractivity contribution in [2.24, 2.45) is 4.99 Å². The molecule has 0 spiro atoms. The number of amides is 1. The minimum Gasteiger partial charge on any atom is -0.444 e. The molecule has 8 nitrogen and oxygen atoms in total. The van der Waals surface area contributed by atoms with Gasteiger partial charge < -0.3 is 29.9 Å². The van der Waals surface area contributed by atoms with Crippen LogP contribution in [-0.2, 0) is 16.0 Å². The fourth-order valence-electron chi connectivity index (χ4n) is 3.17. The molecule has 0 bridgehead atoms. The number of benzene rings is 1. The van der Waals surface area contributed by atoms with Crippen molar-refractivity contribution in [1.82, 2.24) is 15.5 Å². The molecule has 1 aromatic rings. The summed E-state index contributed by atoms with van der Waals surface area (Å²) in [6.45, 7) is 12.0. The third kappa shape index (κ3) is 9.35. The Morgan fingerprint density at radius 1 is 1.19 bits per heavy atom. The first-order valence-electron chi connectivity index (χ1n) is 10.8. The number of hydrogen-bond donors (Lipinski definition) is 2. The highest BCUT2D eigenvalue weighted by Crippen LogP contribution is 2.22. The largest absolute Gasteiger partial charge is 0.444 e. The van der Waals surface area contributed by atoms with Crippen LogP contribution in [-0.4, -0.2) is 75.5 Å². The topological polar surface area (TPSA) is 78.4 Å². The maximum absolute atomic E-state index is 14.8. The van der Waals surface area contributed by atoms with E-state index in [1.54, 1.807) is 18.0 Å². The number of aliphatic imine (C=N–C) groups is 1. The molecule has 10 heteroatoms. The van der Waals surface area contributed by atoms with Gasteiger partial charge in [0.25, 0.3) is 0 Å². The van der Waals surface area contributed by atoms with Crippen LogP contribution in [0.4, 0.5) is 14.9 Å². The van der Waals surface area contributed by atoms with E-state index < -0.39 is 5.60 Å². The Kier molecular flexibility index (Phi) is 12.0. The van der Waals surface area contributed by atoms with Crippen LogP contribution in [0, 0.1) is 5.82 Å². The predicted molar refractivity (Wildman–Crippen MR) is 137 cm³/mol. The average molecular weight is 565 g/mol. The molecule has 0 radical (unpaired) electrons. The van der Waals surface area contributed by atoms with Gasteiger partial charge in [0.05, 0.1) is 12.3 Å². The average Bonchev–Trinajstić information content (AvgIpc) is 2.72. The number of rotatable bonds is 7. The Balaban J connectivity index is 0.00000512. The molecular weight excluding hydrogens is 528 g/mol. The molecule has 0 unspecified atom stereocenters. The number of piperazine rings is 1. The molecule has 0 aromatic heterocycles. The van der Waals surface area contributed by atoms with Gasteiger partial charge in [-0.1, -0.05) is 6.07 Å². The van der Waals surface area contributed by atoms with E-state index in [0.29, 0.717) is 64.1 Å². The second kappa shape index (κ2) is 13.7.